The maximum Gasteiger partial charge on any atom is 0.161 e. The van der Waals surface area contributed by atoms with Crippen molar-refractivity contribution in [1.82, 2.24) is 15.0 Å². The van der Waals surface area contributed by atoms with Crippen LogP contribution in [-0.2, 0) is 0 Å². The lowest BCUT2D eigenvalue weighted by Gasteiger charge is -2.05. The minimum Gasteiger partial charge on any atom is -0.385 e. The minimum absolute atomic E-state index is 0.754. The summed E-state index contributed by atoms with van der Waals surface area (Å²) in [6.45, 7) is 1.98. The normalized spacial score (nSPS) is 10.8. The summed E-state index contributed by atoms with van der Waals surface area (Å²) in [5.74, 6) is 0.754. The number of nitrogens with one attached hydrogen (secondary N) is 2. The third-order valence-electron chi connectivity index (χ3n) is 3.08. The summed E-state index contributed by atoms with van der Waals surface area (Å²) in [5, 5.41) is 4.22. The second kappa shape index (κ2) is 4.14. The molecule has 0 saturated heterocycles. The van der Waals surface area contributed by atoms with Gasteiger partial charge in [0.1, 0.15) is 0 Å². The zero-order chi connectivity index (χ0) is 12.5. The van der Waals surface area contributed by atoms with Crippen LogP contribution in [0.25, 0.3) is 22.3 Å². The molecule has 0 atom stereocenters. The lowest BCUT2D eigenvalue weighted by Crippen LogP contribution is -1.98. The molecule has 0 amide bonds. The van der Waals surface area contributed by atoms with Gasteiger partial charge in [0.15, 0.2) is 5.82 Å². The molecule has 0 spiro atoms. The van der Waals surface area contributed by atoms with Crippen molar-refractivity contribution in [2.75, 3.05) is 12.4 Å². The van der Waals surface area contributed by atoms with Crippen molar-refractivity contribution < 1.29 is 0 Å². The molecular formula is C14H14N4. The van der Waals surface area contributed by atoms with E-state index in [-0.39, 0.29) is 0 Å². The van der Waals surface area contributed by atoms with Gasteiger partial charge in [-0.1, -0.05) is 18.2 Å². The number of hydrogen-bond acceptors (Lipinski definition) is 3. The van der Waals surface area contributed by atoms with Crippen LogP contribution in [0.1, 0.15) is 5.69 Å². The highest BCUT2D eigenvalue weighted by Crippen LogP contribution is 2.26. The Morgan fingerprint density at radius 3 is 2.83 bits per heavy atom. The Kier molecular flexibility index (Phi) is 2.48. The second-order valence-corrected chi connectivity index (χ2v) is 4.19. The number of rotatable bonds is 2. The van der Waals surface area contributed by atoms with Crippen molar-refractivity contribution in [3.63, 3.8) is 0 Å². The first-order valence-electron chi connectivity index (χ1n) is 5.87. The Labute approximate surface area is 105 Å². The molecule has 0 saturated carbocycles. The van der Waals surface area contributed by atoms with Crippen molar-refractivity contribution >= 4 is 16.6 Å². The number of aryl methyl sites for hydroxylation is 1. The molecule has 4 heteroatoms. The molecule has 0 radical (unpaired) electrons. The highest BCUT2D eigenvalue weighted by Gasteiger charge is 2.09. The molecular weight excluding hydrogens is 224 g/mol. The van der Waals surface area contributed by atoms with Gasteiger partial charge in [0.05, 0.1) is 17.6 Å². The highest BCUT2D eigenvalue weighted by molar-refractivity contribution is 5.93. The smallest absolute Gasteiger partial charge is 0.161 e. The summed E-state index contributed by atoms with van der Waals surface area (Å²) in [6.07, 6.45) is 3.78. The van der Waals surface area contributed by atoms with Crippen LogP contribution < -0.4 is 5.32 Å². The Morgan fingerprint density at radius 2 is 2.06 bits per heavy atom. The van der Waals surface area contributed by atoms with Gasteiger partial charge in [-0.15, -0.1) is 0 Å². The summed E-state index contributed by atoms with van der Waals surface area (Å²) in [6, 6.07) is 8.16. The van der Waals surface area contributed by atoms with Crippen molar-refractivity contribution in [3.8, 4) is 11.4 Å². The fourth-order valence-corrected chi connectivity index (χ4v) is 2.10. The van der Waals surface area contributed by atoms with Gasteiger partial charge >= 0.3 is 0 Å². The maximum atomic E-state index is 4.54. The van der Waals surface area contributed by atoms with Crippen LogP contribution in [0.2, 0.25) is 0 Å². The predicted octanol–water partition coefficient (Wildman–Crippen LogP) is 2.98. The van der Waals surface area contributed by atoms with Crippen molar-refractivity contribution in [3.05, 3.63) is 42.4 Å². The first-order valence-corrected chi connectivity index (χ1v) is 5.87. The number of hydrogen-bond donors (Lipinski definition) is 2. The molecule has 0 bridgehead atoms. The largest absolute Gasteiger partial charge is 0.385 e. The Hall–Kier alpha value is -2.36. The van der Waals surface area contributed by atoms with Gasteiger partial charge in [0.25, 0.3) is 0 Å². The molecule has 0 fully saturated rings. The number of anilines is 1. The molecule has 90 valence electrons. The van der Waals surface area contributed by atoms with Crippen LogP contribution in [0.15, 0.2) is 36.7 Å². The summed E-state index contributed by atoms with van der Waals surface area (Å²) in [7, 11) is 1.87. The molecule has 0 aliphatic carbocycles. The summed E-state index contributed by atoms with van der Waals surface area (Å²) in [4.78, 5) is 12.2. The third kappa shape index (κ3) is 1.62. The summed E-state index contributed by atoms with van der Waals surface area (Å²) >= 11 is 0. The summed E-state index contributed by atoms with van der Waals surface area (Å²) in [5.41, 5.74) is 4.05. The second-order valence-electron chi connectivity index (χ2n) is 4.19. The Morgan fingerprint density at radius 1 is 1.22 bits per heavy atom. The van der Waals surface area contributed by atoms with E-state index in [0.29, 0.717) is 0 Å². The van der Waals surface area contributed by atoms with Crippen LogP contribution in [0.5, 0.6) is 0 Å². The number of aromatic amines is 1. The van der Waals surface area contributed by atoms with Crippen LogP contribution >= 0.6 is 0 Å². The molecule has 0 aliphatic heterocycles. The van der Waals surface area contributed by atoms with E-state index in [9.17, 15) is 0 Å². The molecule has 0 aliphatic rings. The fourth-order valence-electron chi connectivity index (χ4n) is 2.10. The first kappa shape index (κ1) is 10.8. The first-order chi connectivity index (χ1) is 8.79. The van der Waals surface area contributed by atoms with Gasteiger partial charge < -0.3 is 10.3 Å². The topological polar surface area (TPSA) is 53.6 Å². The van der Waals surface area contributed by atoms with Crippen molar-refractivity contribution in [1.29, 1.82) is 0 Å². The monoisotopic (exact) mass is 238 g/mol. The highest BCUT2D eigenvalue weighted by atomic mass is 14.9. The number of para-hydroxylation sites is 1. The number of benzene rings is 1. The van der Waals surface area contributed by atoms with Crippen LogP contribution in [0, 0.1) is 6.92 Å². The number of H-pyrrole nitrogens is 1. The number of nitrogens with zero attached hydrogens (tertiary/aromatic N) is 2. The van der Waals surface area contributed by atoms with Gasteiger partial charge in [-0.2, -0.15) is 0 Å². The quantitative estimate of drug-likeness (QED) is 0.721. The van der Waals surface area contributed by atoms with E-state index in [4.69, 9.17) is 0 Å². The standard InChI is InChI=1S/C14H14N4/c1-9-13(15-2)8-17-14(18-9)11-7-16-12-6-4-3-5-10(11)12/h3-8,15-16H,1-2H3. The molecule has 4 nitrogen and oxygen atoms in total. The number of fused-ring (bicyclic) bond motifs is 1. The van der Waals surface area contributed by atoms with E-state index in [0.717, 1.165) is 33.7 Å². The van der Waals surface area contributed by atoms with E-state index in [2.05, 4.69) is 26.3 Å². The number of aromatic nitrogens is 3. The molecule has 0 unspecified atom stereocenters. The Balaban J connectivity index is 2.17. The van der Waals surface area contributed by atoms with Gasteiger partial charge in [-0.3, -0.25) is 0 Å². The van der Waals surface area contributed by atoms with E-state index in [1.54, 1.807) is 0 Å². The van der Waals surface area contributed by atoms with Gasteiger partial charge in [0, 0.05) is 29.7 Å². The minimum atomic E-state index is 0.754. The average molecular weight is 238 g/mol. The van der Waals surface area contributed by atoms with E-state index in [1.807, 2.05) is 44.6 Å². The van der Waals surface area contributed by atoms with E-state index in [1.165, 1.54) is 0 Å². The fraction of sp³-hybridized carbons (Fsp3) is 0.143. The molecule has 3 rings (SSSR count). The van der Waals surface area contributed by atoms with Crippen LogP contribution in [0.3, 0.4) is 0 Å². The lowest BCUT2D eigenvalue weighted by atomic mass is 10.1. The molecule has 18 heavy (non-hydrogen) atoms. The molecule has 1 aromatic carbocycles. The molecule has 2 heterocycles. The van der Waals surface area contributed by atoms with Crippen molar-refractivity contribution in [2.45, 2.75) is 6.92 Å². The SMILES string of the molecule is CNc1cnc(-c2c[nH]c3ccccc23)nc1C. The van der Waals surface area contributed by atoms with Gasteiger partial charge in [0.2, 0.25) is 0 Å². The summed E-state index contributed by atoms with van der Waals surface area (Å²) < 4.78 is 0. The maximum absolute atomic E-state index is 4.54. The zero-order valence-corrected chi connectivity index (χ0v) is 10.4. The lowest BCUT2D eigenvalue weighted by molar-refractivity contribution is 1.11. The molecule has 3 aromatic rings. The van der Waals surface area contributed by atoms with E-state index >= 15 is 0 Å². The predicted molar refractivity (Wildman–Crippen MR) is 73.6 cm³/mol. The molecule has 2 N–H and O–H groups in total. The van der Waals surface area contributed by atoms with Crippen LogP contribution in [0.4, 0.5) is 5.69 Å². The van der Waals surface area contributed by atoms with Crippen LogP contribution in [-0.4, -0.2) is 22.0 Å². The van der Waals surface area contributed by atoms with Crippen molar-refractivity contribution in [2.24, 2.45) is 0 Å². The van der Waals surface area contributed by atoms with E-state index < -0.39 is 0 Å². The van der Waals surface area contributed by atoms with Gasteiger partial charge in [-0.25, -0.2) is 9.97 Å². The average Bonchev–Trinajstić information content (AvgIpc) is 2.82. The molecule has 2 aromatic heterocycles. The van der Waals surface area contributed by atoms with Gasteiger partial charge in [-0.05, 0) is 13.0 Å². The Bertz CT molecular complexity index is 700. The zero-order valence-electron chi connectivity index (χ0n) is 10.4. The third-order valence-corrected chi connectivity index (χ3v) is 3.08.